The van der Waals surface area contributed by atoms with Crippen LogP contribution in [0.2, 0.25) is 0 Å². The van der Waals surface area contributed by atoms with E-state index in [0.717, 1.165) is 5.92 Å². The van der Waals surface area contributed by atoms with Crippen LogP contribution < -0.4 is 0 Å². The first-order valence-corrected chi connectivity index (χ1v) is 9.16. The minimum atomic E-state index is 0.320. The Labute approximate surface area is 127 Å². The van der Waals surface area contributed by atoms with Gasteiger partial charge < -0.3 is 0 Å². The maximum Gasteiger partial charge on any atom is 0.0585 e. The second kappa shape index (κ2) is 6.44. The Morgan fingerprint density at radius 2 is 2.10 bits per heavy atom. The number of rotatable bonds is 4. The van der Waals surface area contributed by atoms with Crippen molar-refractivity contribution < 1.29 is 0 Å². The zero-order valence-corrected chi connectivity index (χ0v) is 13.3. The molecule has 20 heavy (non-hydrogen) atoms. The third-order valence-electron chi connectivity index (χ3n) is 5.36. The van der Waals surface area contributed by atoms with E-state index in [0.29, 0.717) is 5.54 Å². The molecule has 0 N–H and O–H groups in total. The van der Waals surface area contributed by atoms with Gasteiger partial charge in [-0.15, -0.1) is 17.9 Å². The van der Waals surface area contributed by atoms with Crippen LogP contribution in [0.5, 0.6) is 0 Å². The monoisotopic (exact) mass is 289 g/mol. The van der Waals surface area contributed by atoms with Crippen molar-refractivity contribution in [3.05, 3.63) is 35.0 Å². The van der Waals surface area contributed by atoms with Gasteiger partial charge in [-0.1, -0.05) is 31.4 Å². The third kappa shape index (κ3) is 2.48. The van der Waals surface area contributed by atoms with Crippen LogP contribution in [0.1, 0.15) is 56.2 Å². The normalized spacial score (nSPS) is 32.1. The quantitative estimate of drug-likeness (QED) is 0.689. The molecule has 2 fully saturated rings. The molecule has 2 heterocycles. The van der Waals surface area contributed by atoms with Gasteiger partial charge in [-0.2, -0.15) is 0 Å². The SMILES string of the molecule is C=CC[C@H]1CCCC[C@]1(c1cccs1)N1CCCCC1. The summed E-state index contributed by atoms with van der Waals surface area (Å²) in [7, 11) is 0. The van der Waals surface area contributed by atoms with Crippen molar-refractivity contribution in [2.45, 2.75) is 56.9 Å². The van der Waals surface area contributed by atoms with Gasteiger partial charge in [-0.05, 0) is 62.6 Å². The Hall–Kier alpha value is -0.600. The van der Waals surface area contributed by atoms with E-state index in [1.165, 1.54) is 64.5 Å². The Balaban J connectivity index is 1.98. The molecule has 0 radical (unpaired) electrons. The first-order valence-electron chi connectivity index (χ1n) is 8.28. The van der Waals surface area contributed by atoms with Crippen molar-refractivity contribution >= 4 is 11.3 Å². The van der Waals surface area contributed by atoms with E-state index >= 15 is 0 Å². The molecule has 1 aliphatic heterocycles. The summed E-state index contributed by atoms with van der Waals surface area (Å²) in [4.78, 5) is 4.46. The molecule has 110 valence electrons. The van der Waals surface area contributed by atoms with E-state index in [9.17, 15) is 0 Å². The number of allylic oxidation sites excluding steroid dienone is 1. The lowest BCUT2D eigenvalue weighted by atomic mass is 9.68. The van der Waals surface area contributed by atoms with Gasteiger partial charge in [0.25, 0.3) is 0 Å². The highest BCUT2D eigenvalue weighted by atomic mass is 32.1. The average molecular weight is 289 g/mol. The molecule has 1 aromatic heterocycles. The van der Waals surface area contributed by atoms with Crippen LogP contribution in [-0.4, -0.2) is 18.0 Å². The second-order valence-corrected chi connectivity index (χ2v) is 7.36. The van der Waals surface area contributed by atoms with Crippen molar-refractivity contribution in [1.82, 2.24) is 4.90 Å². The first-order chi connectivity index (χ1) is 9.88. The van der Waals surface area contributed by atoms with Crippen LogP contribution in [0.25, 0.3) is 0 Å². The number of hydrogen-bond donors (Lipinski definition) is 0. The van der Waals surface area contributed by atoms with E-state index < -0.39 is 0 Å². The number of nitrogens with zero attached hydrogens (tertiary/aromatic N) is 1. The van der Waals surface area contributed by atoms with Gasteiger partial charge in [-0.3, -0.25) is 4.90 Å². The van der Waals surface area contributed by atoms with Crippen molar-refractivity contribution in [2.75, 3.05) is 13.1 Å². The van der Waals surface area contributed by atoms with Gasteiger partial charge in [0.15, 0.2) is 0 Å². The summed E-state index contributed by atoms with van der Waals surface area (Å²) in [5.41, 5.74) is 0.320. The predicted octanol–water partition coefficient (Wildman–Crippen LogP) is 5.20. The Morgan fingerprint density at radius 1 is 1.25 bits per heavy atom. The molecule has 0 amide bonds. The van der Waals surface area contributed by atoms with Crippen LogP contribution in [0.4, 0.5) is 0 Å². The topological polar surface area (TPSA) is 3.24 Å². The van der Waals surface area contributed by atoms with E-state index in [-0.39, 0.29) is 0 Å². The predicted molar refractivity (Wildman–Crippen MR) is 88.2 cm³/mol. The maximum absolute atomic E-state index is 4.03. The smallest absolute Gasteiger partial charge is 0.0585 e. The molecule has 1 saturated heterocycles. The van der Waals surface area contributed by atoms with Crippen molar-refractivity contribution in [1.29, 1.82) is 0 Å². The lowest BCUT2D eigenvalue weighted by Crippen LogP contribution is -2.54. The molecule has 1 saturated carbocycles. The molecule has 2 heteroatoms. The molecule has 0 unspecified atom stereocenters. The highest BCUT2D eigenvalue weighted by molar-refractivity contribution is 7.10. The molecule has 1 aliphatic carbocycles. The van der Waals surface area contributed by atoms with Crippen molar-refractivity contribution in [2.24, 2.45) is 5.92 Å². The van der Waals surface area contributed by atoms with Gasteiger partial charge in [-0.25, -0.2) is 0 Å². The average Bonchev–Trinajstić information content (AvgIpc) is 3.04. The summed E-state index contributed by atoms with van der Waals surface area (Å²) in [5.74, 6) is 0.769. The molecule has 2 atom stereocenters. The number of likely N-dealkylation sites (tertiary alicyclic amines) is 1. The fraction of sp³-hybridized carbons (Fsp3) is 0.667. The standard InChI is InChI=1S/C18H27NS/c1-2-9-16-10-4-5-12-18(16,17-11-8-15-20-17)19-13-6-3-7-14-19/h2,8,11,15-16H,1,3-7,9-10,12-14H2/t16-,18-/m0/s1. The molecule has 0 bridgehead atoms. The highest BCUT2D eigenvalue weighted by Crippen LogP contribution is 2.50. The Kier molecular flexibility index (Phi) is 4.62. The summed E-state index contributed by atoms with van der Waals surface area (Å²) >= 11 is 1.98. The third-order valence-corrected chi connectivity index (χ3v) is 6.39. The maximum atomic E-state index is 4.03. The molecule has 0 aromatic carbocycles. The van der Waals surface area contributed by atoms with Crippen LogP contribution >= 0.6 is 11.3 Å². The minimum absolute atomic E-state index is 0.320. The van der Waals surface area contributed by atoms with Crippen LogP contribution in [0, 0.1) is 5.92 Å². The van der Waals surface area contributed by atoms with Gasteiger partial charge in [0.2, 0.25) is 0 Å². The summed E-state index contributed by atoms with van der Waals surface area (Å²) < 4.78 is 0. The van der Waals surface area contributed by atoms with E-state index in [4.69, 9.17) is 0 Å². The van der Waals surface area contributed by atoms with Crippen LogP contribution in [-0.2, 0) is 5.54 Å². The number of hydrogen-bond acceptors (Lipinski definition) is 2. The van der Waals surface area contributed by atoms with Gasteiger partial charge in [0.1, 0.15) is 0 Å². The Bertz CT molecular complexity index is 419. The molecule has 1 aromatic rings. The molecule has 2 aliphatic rings. The zero-order valence-electron chi connectivity index (χ0n) is 12.5. The molecule has 3 rings (SSSR count). The highest BCUT2D eigenvalue weighted by Gasteiger charge is 2.46. The van der Waals surface area contributed by atoms with E-state index in [1.54, 1.807) is 4.88 Å². The second-order valence-electron chi connectivity index (χ2n) is 6.42. The fourth-order valence-corrected chi connectivity index (χ4v) is 5.52. The molecular formula is C18H27NS. The van der Waals surface area contributed by atoms with Gasteiger partial charge in [0, 0.05) is 4.88 Å². The van der Waals surface area contributed by atoms with Gasteiger partial charge in [0.05, 0.1) is 5.54 Å². The lowest BCUT2D eigenvalue weighted by molar-refractivity contribution is -0.0142. The molecule has 1 nitrogen and oxygen atoms in total. The fourth-order valence-electron chi connectivity index (χ4n) is 4.46. The lowest BCUT2D eigenvalue weighted by Gasteiger charge is -2.52. The summed E-state index contributed by atoms with van der Waals surface area (Å²) in [6.07, 6.45) is 13.0. The van der Waals surface area contributed by atoms with Gasteiger partial charge >= 0.3 is 0 Å². The zero-order chi connectivity index (χ0) is 13.8. The van der Waals surface area contributed by atoms with E-state index in [2.05, 4.69) is 35.1 Å². The molecule has 0 spiro atoms. The van der Waals surface area contributed by atoms with Crippen LogP contribution in [0.15, 0.2) is 30.2 Å². The number of thiophene rings is 1. The first kappa shape index (κ1) is 14.3. The Morgan fingerprint density at radius 3 is 2.80 bits per heavy atom. The summed E-state index contributed by atoms with van der Waals surface area (Å²) in [6.45, 7) is 6.63. The number of piperidine rings is 1. The minimum Gasteiger partial charge on any atom is -0.293 e. The summed E-state index contributed by atoms with van der Waals surface area (Å²) in [5, 5.41) is 2.26. The van der Waals surface area contributed by atoms with Crippen molar-refractivity contribution in [3.63, 3.8) is 0 Å². The van der Waals surface area contributed by atoms with Crippen LogP contribution in [0.3, 0.4) is 0 Å². The summed E-state index contributed by atoms with van der Waals surface area (Å²) in [6, 6.07) is 4.63. The molecular weight excluding hydrogens is 262 g/mol. The largest absolute Gasteiger partial charge is 0.293 e. The van der Waals surface area contributed by atoms with E-state index in [1.807, 2.05) is 11.3 Å². The van der Waals surface area contributed by atoms with Crippen molar-refractivity contribution in [3.8, 4) is 0 Å².